The Morgan fingerprint density at radius 3 is 2.89 bits per heavy atom. The number of carbonyl (C=O) groups excluding carboxylic acids is 1. The Bertz CT molecular complexity index is 412. The molecule has 2 heterocycles. The molecular formula is C11H17N3O4. The number of hydrogen-bond donors (Lipinski definition) is 0. The number of rotatable bonds is 4. The number of amides is 1. The summed E-state index contributed by atoms with van der Waals surface area (Å²) >= 11 is 0. The third-order valence-corrected chi connectivity index (χ3v) is 2.70. The zero-order valence-corrected chi connectivity index (χ0v) is 10.6. The molecule has 18 heavy (non-hydrogen) atoms. The van der Waals surface area contributed by atoms with E-state index in [1.54, 1.807) is 18.0 Å². The number of aryl methyl sites for hydroxylation is 1. The molecule has 1 fully saturated rings. The second-order valence-corrected chi connectivity index (χ2v) is 3.95. The van der Waals surface area contributed by atoms with E-state index in [1.165, 1.54) is 11.8 Å². The van der Waals surface area contributed by atoms with Crippen LogP contribution in [0, 0.1) is 0 Å². The van der Waals surface area contributed by atoms with E-state index >= 15 is 0 Å². The third kappa shape index (κ3) is 2.80. The number of hydrogen-bond acceptors (Lipinski definition) is 5. The molecule has 1 aliphatic heterocycles. The topological polar surface area (TPSA) is 65.8 Å². The number of ether oxygens (including phenoxy) is 3. The van der Waals surface area contributed by atoms with Gasteiger partial charge < -0.3 is 19.1 Å². The standard InChI is InChI=1S/C11H17N3O4/c1-13-9(7-10(12-13)18-8-16-2)11(15)14-3-5-17-6-4-14/h7H,3-6,8H2,1-2H3. The Balaban J connectivity index is 2.06. The van der Waals surface area contributed by atoms with Gasteiger partial charge in [-0.3, -0.25) is 9.48 Å². The van der Waals surface area contributed by atoms with Crippen molar-refractivity contribution in [1.29, 1.82) is 0 Å². The largest absolute Gasteiger partial charge is 0.449 e. The van der Waals surface area contributed by atoms with Crippen LogP contribution in [0.3, 0.4) is 0 Å². The van der Waals surface area contributed by atoms with E-state index in [0.717, 1.165) is 0 Å². The first-order valence-electron chi connectivity index (χ1n) is 5.75. The second kappa shape index (κ2) is 5.83. The van der Waals surface area contributed by atoms with Crippen LogP contribution in [-0.2, 0) is 16.5 Å². The minimum atomic E-state index is -0.0550. The Morgan fingerprint density at radius 1 is 1.50 bits per heavy atom. The fraction of sp³-hybridized carbons (Fsp3) is 0.636. The van der Waals surface area contributed by atoms with E-state index < -0.39 is 0 Å². The molecule has 0 N–H and O–H groups in total. The van der Waals surface area contributed by atoms with Crippen LogP contribution in [-0.4, -0.2) is 60.8 Å². The number of carbonyl (C=O) groups is 1. The predicted octanol–water partition coefficient (Wildman–Crippen LogP) is -0.125. The number of morpholine rings is 1. The summed E-state index contributed by atoms with van der Waals surface area (Å²) in [5, 5.41) is 4.10. The minimum Gasteiger partial charge on any atom is -0.449 e. The lowest BCUT2D eigenvalue weighted by atomic mass is 10.3. The van der Waals surface area contributed by atoms with Gasteiger partial charge in [-0.25, -0.2) is 0 Å². The summed E-state index contributed by atoms with van der Waals surface area (Å²) in [7, 11) is 3.25. The predicted molar refractivity (Wildman–Crippen MR) is 62.4 cm³/mol. The van der Waals surface area contributed by atoms with Crippen LogP contribution in [0.2, 0.25) is 0 Å². The van der Waals surface area contributed by atoms with Crippen molar-refractivity contribution in [1.82, 2.24) is 14.7 Å². The molecule has 0 aromatic carbocycles. The summed E-state index contributed by atoms with van der Waals surface area (Å²) < 4.78 is 16.7. The maximum atomic E-state index is 12.2. The van der Waals surface area contributed by atoms with E-state index in [0.29, 0.717) is 37.9 Å². The molecule has 1 amide bonds. The quantitative estimate of drug-likeness (QED) is 0.701. The van der Waals surface area contributed by atoms with Crippen LogP contribution in [0.1, 0.15) is 10.5 Å². The fourth-order valence-electron chi connectivity index (χ4n) is 1.76. The molecule has 0 radical (unpaired) electrons. The maximum Gasteiger partial charge on any atom is 0.272 e. The molecule has 100 valence electrons. The van der Waals surface area contributed by atoms with Crippen LogP contribution in [0.4, 0.5) is 0 Å². The van der Waals surface area contributed by atoms with Gasteiger partial charge in [-0.05, 0) is 0 Å². The monoisotopic (exact) mass is 255 g/mol. The summed E-state index contributed by atoms with van der Waals surface area (Å²) in [6, 6.07) is 1.62. The summed E-state index contributed by atoms with van der Waals surface area (Å²) in [6.07, 6.45) is 0. The highest BCUT2D eigenvalue weighted by molar-refractivity contribution is 5.93. The van der Waals surface area contributed by atoms with E-state index in [2.05, 4.69) is 5.10 Å². The highest BCUT2D eigenvalue weighted by atomic mass is 16.7. The van der Waals surface area contributed by atoms with Crippen LogP contribution in [0.15, 0.2) is 6.07 Å². The first-order valence-corrected chi connectivity index (χ1v) is 5.75. The Labute approximate surface area is 105 Å². The first kappa shape index (κ1) is 12.8. The fourth-order valence-corrected chi connectivity index (χ4v) is 1.76. The SMILES string of the molecule is COCOc1cc(C(=O)N2CCOCC2)n(C)n1. The van der Waals surface area contributed by atoms with Crippen molar-refractivity contribution >= 4 is 5.91 Å². The summed E-state index contributed by atoms with van der Waals surface area (Å²) in [4.78, 5) is 14.0. The highest BCUT2D eigenvalue weighted by Gasteiger charge is 2.22. The van der Waals surface area contributed by atoms with Gasteiger partial charge in [0.05, 0.1) is 13.2 Å². The lowest BCUT2D eigenvalue weighted by Gasteiger charge is -2.26. The van der Waals surface area contributed by atoms with Crippen LogP contribution < -0.4 is 4.74 Å². The van der Waals surface area contributed by atoms with E-state index in [-0.39, 0.29) is 12.7 Å². The van der Waals surface area contributed by atoms with Gasteiger partial charge in [-0.15, -0.1) is 5.10 Å². The second-order valence-electron chi connectivity index (χ2n) is 3.95. The lowest BCUT2D eigenvalue weighted by molar-refractivity contribution is 0.0295. The van der Waals surface area contributed by atoms with Gasteiger partial charge in [0, 0.05) is 33.3 Å². The van der Waals surface area contributed by atoms with Crippen LogP contribution in [0.25, 0.3) is 0 Å². The average Bonchev–Trinajstić information content (AvgIpc) is 2.78. The van der Waals surface area contributed by atoms with Gasteiger partial charge in [0.1, 0.15) is 5.69 Å². The number of nitrogens with zero attached hydrogens (tertiary/aromatic N) is 3. The molecule has 7 nitrogen and oxygen atoms in total. The van der Waals surface area contributed by atoms with Crippen LogP contribution >= 0.6 is 0 Å². The van der Waals surface area contributed by atoms with Crippen molar-refractivity contribution in [3.63, 3.8) is 0 Å². The lowest BCUT2D eigenvalue weighted by Crippen LogP contribution is -2.41. The Hall–Kier alpha value is -1.60. The van der Waals surface area contributed by atoms with Gasteiger partial charge >= 0.3 is 0 Å². The van der Waals surface area contributed by atoms with E-state index in [4.69, 9.17) is 14.2 Å². The Morgan fingerprint density at radius 2 is 2.22 bits per heavy atom. The smallest absolute Gasteiger partial charge is 0.272 e. The van der Waals surface area contributed by atoms with Crippen molar-refractivity contribution in [2.24, 2.45) is 7.05 Å². The molecule has 0 atom stereocenters. The molecule has 0 bridgehead atoms. The van der Waals surface area contributed by atoms with Gasteiger partial charge in [0.2, 0.25) is 5.88 Å². The van der Waals surface area contributed by atoms with Crippen molar-refractivity contribution in [3.8, 4) is 5.88 Å². The minimum absolute atomic E-state index is 0.0550. The average molecular weight is 255 g/mol. The van der Waals surface area contributed by atoms with Crippen molar-refractivity contribution < 1.29 is 19.0 Å². The molecule has 2 rings (SSSR count). The first-order chi connectivity index (χ1) is 8.72. The van der Waals surface area contributed by atoms with Crippen LogP contribution in [0.5, 0.6) is 5.88 Å². The van der Waals surface area contributed by atoms with Crippen molar-refractivity contribution in [3.05, 3.63) is 11.8 Å². The number of methoxy groups -OCH3 is 1. The summed E-state index contributed by atoms with van der Waals surface area (Å²) in [5.41, 5.74) is 0.503. The highest BCUT2D eigenvalue weighted by Crippen LogP contribution is 2.14. The normalized spacial score (nSPS) is 15.8. The maximum absolute atomic E-state index is 12.2. The molecular weight excluding hydrogens is 238 g/mol. The van der Waals surface area contributed by atoms with Gasteiger partial charge in [-0.1, -0.05) is 0 Å². The number of aromatic nitrogens is 2. The molecule has 0 aliphatic carbocycles. The van der Waals surface area contributed by atoms with Crippen molar-refractivity contribution in [2.75, 3.05) is 40.2 Å². The molecule has 1 saturated heterocycles. The molecule has 0 spiro atoms. The molecule has 1 aromatic heterocycles. The summed E-state index contributed by atoms with van der Waals surface area (Å²) in [5.74, 6) is 0.330. The Kier molecular flexibility index (Phi) is 4.16. The van der Waals surface area contributed by atoms with Gasteiger partial charge in [0.25, 0.3) is 5.91 Å². The molecule has 7 heteroatoms. The third-order valence-electron chi connectivity index (χ3n) is 2.70. The zero-order chi connectivity index (χ0) is 13.0. The molecule has 1 aliphatic rings. The van der Waals surface area contributed by atoms with Gasteiger partial charge in [-0.2, -0.15) is 0 Å². The van der Waals surface area contributed by atoms with E-state index in [1.807, 2.05) is 0 Å². The molecule has 1 aromatic rings. The van der Waals surface area contributed by atoms with Gasteiger partial charge in [0.15, 0.2) is 6.79 Å². The molecule has 0 saturated carbocycles. The summed E-state index contributed by atoms with van der Waals surface area (Å²) in [6.45, 7) is 2.49. The molecule has 0 unspecified atom stereocenters. The van der Waals surface area contributed by atoms with E-state index in [9.17, 15) is 4.79 Å². The zero-order valence-electron chi connectivity index (χ0n) is 10.6. The van der Waals surface area contributed by atoms with Crippen molar-refractivity contribution in [2.45, 2.75) is 0 Å².